The summed E-state index contributed by atoms with van der Waals surface area (Å²) in [5.41, 5.74) is -0.844. The largest absolute Gasteiger partial charge is 0.373 e. The van der Waals surface area contributed by atoms with Gasteiger partial charge in [-0.15, -0.1) is 0 Å². The maximum Gasteiger partial charge on any atom is 0.180 e. The van der Waals surface area contributed by atoms with E-state index >= 15 is 0 Å². The van der Waals surface area contributed by atoms with Crippen LogP contribution in [-0.2, 0) is 15.2 Å². The fraction of sp³-hybridized carbons (Fsp3) is 0.176. The molecule has 0 aromatic heterocycles. The predicted octanol–water partition coefficient (Wildman–Crippen LogP) is 2.47. The fourth-order valence-corrected chi connectivity index (χ4v) is 2.20. The lowest BCUT2D eigenvalue weighted by molar-refractivity contribution is -0.137. The van der Waals surface area contributed by atoms with E-state index in [0.29, 0.717) is 11.1 Å². The Morgan fingerprint density at radius 3 is 1.65 bits per heavy atom. The average molecular weight is 268 g/mol. The van der Waals surface area contributed by atoms with Crippen molar-refractivity contribution in [2.45, 2.75) is 18.9 Å². The lowest BCUT2D eigenvalue weighted by atomic mass is 9.81. The van der Waals surface area contributed by atoms with Gasteiger partial charge in [0.15, 0.2) is 11.4 Å². The van der Waals surface area contributed by atoms with Gasteiger partial charge in [-0.1, -0.05) is 60.7 Å². The molecule has 20 heavy (non-hydrogen) atoms. The standard InChI is InChI=1S/C17H16O3/c1-13(18)12-16(19)17(20,14-8-4-2-5-9-14)15-10-6-3-7-11-15/h2-11,20H,12H2,1H3. The zero-order valence-electron chi connectivity index (χ0n) is 11.2. The van der Waals surface area contributed by atoms with E-state index in [1.54, 1.807) is 48.5 Å². The minimum absolute atomic E-state index is 0.264. The molecule has 0 fully saturated rings. The third kappa shape index (κ3) is 2.68. The van der Waals surface area contributed by atoms with Crippen LogP contribution in [0.5, 0.6) is 0 Å². The second-order valence-corrected chi connectivity index (χ2v) is 4.74. The van der Waals surface area contributed by atoms with Crippen LogP contribution >= 0.6 is 0 Å². The lowest BCUT2D eigenvalue weighted by Gasteiger charge is -2.27. The Labute approximate surface area is 117 Å². The van der Waals surface area contributed by atoms with Crippen LogP contribution in [0.25, 0.3) is 0 Å². The van der Waals surface area contributed by atoms with Crippen LogP contribution in [-0.4, -0.2) is 16.7 Å². The summed E-state index contributed by atoms with van der Waals surface area (Å²) in [6.45, 7) is 1.34. The molecule has 0 saturated heterocycles. The minimum Gasteiger partial charge on any atom is -0.373 e. The Morgan fingerprint density at radius 1 is 0.900 bits per heavy atom. The van der Waals surface area contributed by atoms with Crippen molar-refractivity contribution in [3.05, 3.63) is 71.8 Å². The highest BCUT2D eigenvalue weighted by atomic mass is 16.3. The van der Waals surface area contributed by atoms with Crippen molar-refractivity contribution in [3.63, 3.8) is 0 Å². The van der Waals surface area contributed by atoms with Gasteiger partial charge in [0.25, 0.3) is 0 Å². The molecule has 0 aliphatic heterocycles. The van der Waals surface area contributed by atoms with Gasteiger partial charge >= 0.3 is 0 Å². The van der Waals surface area contributed by atoms with Crippen molar-refractivity contribution in [2.24, 2.45) is 0 Å². The maximum atomic E-state index is 12.4. The number of hydrogen-bond donors (Lipinski definition) is 1. The van der Waals surface area contributed by atoms with E-state index in [-0.39, 0.29) is 12.2 Å². The summed E-state index contributed by atoms with van der Waals surface area (Å²) in [4.78, 5) is 23.6. The maximum absolute atomic E-state index is 12.4. The highest BCUT2D eigenvalue weighted by Gasteiger charge is 2.39. The molecule has 0 atom stereocenters. The molecule has 3 heteroatoms. The van der Waals surface area contributed by atoms with Crippen LogP contribution < -0.4 is 0 Å². The Kier molecular flexibility index (Phi) is 4.11. The molecule has 2 aromatic rings. The summed E-state index contributed by atoms with van der Waals surface area (Å²) in [5.74, 6) is -0.775. The van der Waals surface area contributed by atoms with Gasteiger partial charge in [-0.05, 0) is 18.1 Å². The minimum atomic E-state index is -1.78. The summed E-state index contributed by atoms with van der Waals surface area (Å²) < 4.78 is 0. The lowest BCUT2D eigenvalue weighted by Crippen LogP contribution is -2.37. The van der Waals surface area contributed by atoms with Crippen LogP contribution in [0.4, 0.5) is 0 Å². The molecular weight excluding hydrogens is 252 g/mol. The van der Waals surface area contributed by atoms with Crippen molar-refractivity contribution in [2.75, 3.05) is 0 Å². The van der Waals surface area contributed by atoms with Gasteiger partial charge < -0.3 is 5.11 Å². The number of Topliss-reactive ketones (excluding diaryl/α,β-unsaturated/α-hetero) is 2. The number of carbonyl (C=O) groups is 2. The van der Waals surface area contributed by atoms with E-state index in [9.17, 15) is 14.7 Å². The molecule has 0 radical (unpaired) electrons. The quantitative estimate of drug-likeness (QED) is 0.847. The van der Waals surface area contributed by atoms with Crippen molar-refractivity contribution < 1.29 is 14.7 Å². The molecular formula is C17H16O3. The van der Waals surface area contributed by atoms with Crippen LogP contribution in [0.1, 0.15) is 24.5 Å². The Bertz CT molecular complexity index is 563. The molecule has 0 saturated carbocycles. The molecule has 2 rings (SSSR count). The molecule has 102 valence electrons. The summed E-state index contributed by atoms with van der Waals surface area (Å²) in [6, 6.07) is 17.4. The SMILES string of the molecule is CC(=O)CC(=O)C(O)(c1ccccc1)c1ccccc1. The van der Waals surface area contributed by atoms with E-state index in [1.807, 2.05) is 12.1 Å². The highest BCUT2D eigenvalue weighted by Crippen LogP contribution is 2.31. The van der Waals surface area contributed by atoms with Crippen molar-refractivity contribution in [1.29, 1.82) is 0 Å². The van der Waals surface area contributed by atoms with E-state index in [2.05, 4.69) is 0 Å². The second-order valence-electron chi connectivity index (χ2n) is 4.74. The van der Waals surface area contributed by atoms with Crippen molar-refractivity contribution in [1.82, 2.24) is 0 Å². The zero-order chi connectivity index (χ0) is 14.6. The van der Waals surface area contributed by atoms with E-state index in [1.165, 1.54) is 6.92 Å². The predicted molar refractivity (Wildman–Crippen MR) is 76.2 cm³/mol. The summed E-state index contributed by atoms with van der Waals surface area (Å²) in [5, 5.41) is 11.0. The van der Waals surface area contributed by atoms with Crippen molar-refractivity contribution in [3.8, 4) is 0 Å². The molecule has 0 unspecified atom stereocenters. The van der Waals surface area contributed by atoms with Gasteiger partial charge in [0.1, 0.15) is 5.78 Å². The molecule has 2 aromatic carbocycles. The molecule has 0 bridgehead atoms. The first-order valence-electron chi connectivity index (χ1n) is 6.41. The molecule has 3 nitrogen and oxygen atoms in total. The molecule has 0 aliphatic carbocycles. The Balaban J connectivity index is 2.55. The topological polar surface area (TPSA) is 54.4 Å². The Morgan fingerprint density at radius 2 is 1.30 bits per heavy atom. The van der Waals surface area contributed by atoms with Crippen LogP contribution in [0.15, 0.2) is 60.7 Å². The fourth-order valence-electron chi connectivity index (χ4n) is 2.20. The van der Waals surface area contributed by atoms with E-state index in [4.69, 9.17) is 0 Å². The molecule has 0 heterocycles. The number of hydrogen-bond acceptors (Lipinski definition) is 3. The van der Waals surface area contributed by atoms with E-state index in [0.717, 1.165) is 0 Å². The number of ketones is 2. The number of carbonyl (C=O) groups excluding carboxylic acids is 2. The zero-order valence-corrected chi connectivity index (χ0v) is 11.2. The first-order valence-corrected chi connectivity index (χ1v) is 6.41. The van der Waals surface area contributed by atoms with Gasteiger partial charge in [0, 0.05) is 0 Å². The number of benzene rings is 2. The third-order valence-electron chi connectivity index (χ3n) is 3.20. The highest BCUT2D eigenvalue weighted by molar-refractivity contribution is 6.04. The van der Waals surface area contributed by atoms with Gasteiger partial charge in [-0.3, -0.25) is 9.59 Å². The number of rotatable bonds is 5. The van der Waals surface area contributed by atoms with Crippen LogP contribution in [0.2, 0.25) is 0 Å². The number of aliphatic hydroxyl groups is 1. The van der Waals surface area contributed by atoms with Gasteiger partial charge in [0.05, 0.1) is 6.42 Å². The summed E-state index contributed by atoms with van der Waals surface area (Å²) >= 11 is 0. The van der Waals surface area contributed by atoms with Gasteiger partial charge in [-0.25, -0.2) is 0 Å². The molecule has 0 amide bonds. The molecule has 0 spiro atoms. The Hall–Kier alpha value is -2.26. The molecule has 1 N–H and O–H groups in total. The van der Waals surface area contributed by atoms with Gasteiger partial charge in [-0.2, -0.15) is 0 Å². The van der Waals surface area contributed by atoms with Crippen LogP contribution in [0.3, 0.4) is 0 Å². The summed E-state index contributed by atoms with van der Waals surface area (Å²) in [7, 11) is 0. The van der Waals surface area contributed by atoms with Crippen LogP contribution in [0, 0.1) is 0 Å². The smallest absolute Gasteiger partial charge is 0.180 e. The van der Waals surface area contributed by atoms with Crippen molar-refractivity contribution >= 4 is 11.6 Å². The van der Waals surface area contributed by atoms with E-state index < -0.39 is 11.4 Å². The molecule has 0 aliphatic rings. The second kappa shape index (κ2) is 5.80. The van der Waals surface area contributed by atoms with Gasteiger partial charge in [0.2, 0.25) is 0 Å². The first-order chi connectivity index (χ1) is 9.55. The summed E-state index contributed by atoms with van der Waals surface area (Å²) in [6.07, 6.45) is -0.291. The third-order valence-corrected chi connectivity index (χ3v) is 3.20. The first kappa shape index (κ1) is 14.2. The average Bonchev–Trinajstić information content (AvgIpc) is 2.47. The normalized spacial score (nSPS) is 11.1. The monoisotopic (exact) mass is 268 g/mol.